The van der Waals surface area contributed by atoms with Crippen LogP contribution in [0.4, 0.5) is 10.2 Å². The standard InChI is InChI=1S/C16H13ClFN3/c1-9-3-2-4-10(7-9)14-15(20-21-16(14)19)11-5-6-13(18)12(17)8-11/h2-8H,1H3,(H3,19,20,21). The zero-order valence-corrected chi connectivity index (χ0v) is 12.1. The Hall–Kier alpha value is -2.33. The maximum Gasteiger partial charge on any atom is 0.153 e. The highest BCUT2D eigenvalue weighted by Gasteiger charge is 2.15. The van der Waals surface area contributed by atoms with Crippen molar-refractivity contribution in [2.75, 3.05) is 5.73 Å². The Bertz CT molecular complexity index is 811. The average molecular weight is 302 g/mol. The van der Waals surface area contributed by atoms with Crippen molar-refractivity contribution in [3.63, 3.8) is 0 Å². The fraction of sp³-hybridized carbons (Fsp3) is 0.0625. The quantitative estimate of drug-likeness (QED) is 0.736. The molecular weight excluding hydrogens is 289 g/mol. The topological polar surface area (TPSA) is 54.7 Å². The summed E-state index contributed by atoms with van der Waals surface area (Å²) in [5.74, 6) is -0.0546. The first-order chi connectivity index (χ1) is 10.1. The molecule has 0 unspecified atom stereocenters. The molecule has 1 aromatic heterocycles. The van der Waals surface area contributed by atoms with E-state index in [0.717, 1.165) is 27.9 Å². The largest absolute Gasteiger partial charge is 0.382 e. The third kappa shape index (κ3) is 2.50. The van der Waals surface area contributed by atoms with E-state index in [9.17, 15) is 4.39 Å². The van der Waals surface area contributed by atoms with Crippen molar-refractivity contribution in [1.29, 1.82) is 0 Å². The molecule has 3 nitrogen and oxygen atoms in total. The van der Waals surface area contributed by atoms with Crippen LogP contribution in [0.2, 0.25) is 5.02 Å². The normalized spacial score (nSPS) is 10.8. The van der Waals surface area contributed by atoms with Gasteiger partial charge >= 0.3 is 0 Å². The Balaban J connectivity index is 2.19. The van der Waals surface area contributed by atoms with Gasteiger partial charge in [0.2, 0.25) is 0 Å². The fourth-order valence-electron chi connectivity index (χ4n) is 2.31. The number of aromatic nitrogens is 2. The Morgan fingerprint density at radius 1 is 1.14 bits per heavy atom. The zero-order valence-electron chi connectivity index (χ0n) is 11.3. The van der Waals surface area contributed by atoms with Crippen molar-refractivity contribution in [2.24, 2.45) is 0 Å². The van der Waals surface area contributed by atoms with Crippen LogP contribution in [0.1, 0.15) is 5.56 Å². The fourth-order valence-corrected chi connectivity index (χ4v) is 2.49. The molecule has 21 heavy (non-hydrogen) atoms. The number of halogens is 2. The first-order valence-corrected chi connectivity index (χ1v) is 6.80. The summed E-state index contributed by atoms with van der Waals surface area (Å²) in [5, 5.41) is 7.03. The highest BCUT2D eigenvalue weighted by molar-refractivity contribution is 6.31. The van der Waals surface area contributed by atoms with Gasteiger partial charge in [-0.05, 0) is 30.7 Å². The molecular formula is C16H13ClFN3. The van der Waals surface area contributed by atoms with E-state index >= 15 is 0 Å². The van der Waals surface area contributed by atoms with Gasteiger partial charge in [0.25, 0.3) is 0 Å². The molecule has 0 aliphatic rings. The molecule has 5 heteroatoms. The number of hydrogen-bond donors (Lipinski definition) is 2. The van der Waals surface area contributed by atoms with Crippen LogP contribution in [0.3, 0.4) is 0 Å². The molecule has 0 saturated heterocycles. The molecule has 0 fully saturated rings. The number of benzene rings is 2. The van der Waals surface area contributed by atoms with Gasteiger partial charge in [-0.3, -0.25) is 5.10 Å². The van der Waals surface area contributed by atoms with Gasteiger partial charge in [-0.15, -0.1) is 0 Å². The van der Waals surface area contributed by atoms with Gasteiger partial charge in [0.05, 0.1) is 16.3 Å². The maximum absolute atomic E-state index is 13.3. The molecule has 0 saturated carbocycles. The molecule has 106 valence electrons. The first-order valence-electron chi connectivity index (χ1n) is 6.42. The van der Waals surface area contributed by atoms with Gasteiger partial charge in [0, 0.05) is 5.56 Å². The molecule has 3 N–H and O–H groups in total. The van der Waals surface area contributed by atoms with Crippen molar-refractivity contribution in [3.05, 3.63) is 58.9 Å². The lowest BCUT2D eigenvalue weighted by atomic mass is 9.99. The minimum absolute atomic E-state index is 0.0656. The summed E-state index contributed by atoms with van der Waals surface area (Å²) >= 11 is 5.85. The number of H-pyrrole nitrogens is 1. The second-order valence-corrected chi connectivity index (χ2v) is 5.26. The molecule has 0 bridgehead atoms. The molecule has 0 radical (unpaired) electrons. The summed E-state index contributed by atoms with van der Waals surface area (Å²) in [6.45, 7) is 2.01. The highest BCUT2D eigenvalue weighted by atomic mass is 35.5. The summed E-state index contributed by atoms with van der Waals surface area (Å²) < 4.78 is 13.3. The van der Waals surface area contributed by atoms with Gasteiger partial charge in [-0.1, -0.05) is 41.4 Å². The predicted octanol–water partition coefficient (Wildman–Crippen LogP) is 4.43. The van der Waals surface area contributed by atoms with E-state index in [1.165, 1.54) is 6.07 Å². The summed E-state index contributed by atoms with van der Waals surface area (Å²) in [4.78, 5) is 0. The van der Waals surface area contributed by atoms with E-state index in [1.807, 2.05) is 31.2 Å². The number of nitrogen functional groups attached to an aromatic ring is 1. The van der Waals surface area contributed by atoms with E-state index in [1.54, 1.807) is 12.1 Å². The Morgan fingerprint density at radius 3 is 2.67 bits per heavy atom. The summed E-state index contributed by atoms with van der Waals surface area (Å²) in [6, 6.07) is 12.5. The van der Waals surface area contributed by atoms with E-state index in [4.69, 9.17) is 17.3 Å². The van der Waals surface area contributed by atoms with Crippen molar-refractivity contribution in [3.8, 4) is 22.4 Å². The molecule has 0 amide bonds. The molecule has 0 aliphatic heterocycles. The van der Waals surface area contributed by atoms with Gasteiger partial charge < -0.3 is 5.73 Å². The molecule has 1 heterocycles. The van der Waals surface area contributed by atoms with Crippen molar-refractivity contribution < 1.29 is 4.39 Å². The second-order valence-electron chi connectivity index (χ2n) is 4.86. The van der Waals surface area contributed by atoms with Crippen LogP contribution in [0.5, 0.6) is 0 Å². The van der Waals surface area contributed by atoms with Crippen molar-refractivity contribution >= 4 is 17.4 Å². The average Bonchev–Trinajstić information content (AvgIpc) is 2.84. The first kappa shape index (κ1) is 13.6. The van der Waals surface area contributed by atoms with Gasteiger partial charge in [-0.25, -0.2) is 4.39 Å². The van der Waals surface area contributed by atoms with Crippen LogP contribution in [0.15, 0.2) is 42.5 Å². The number of aromatic amines is 1. The lowest BCUT2D eigenvalue weighted by Gasteiger charge is -2.06. The molecule has 3 rings (SSSR count). The third-order valence-electron chi connectivity index (χ3n) is 3.31. The molecule has 0 spiro atoms. The summed E-state index contributed by atoms with van der Waals surface area (Å²) in [5.41, 5.74) is 10.3. The van der Waals surface area contributed by atoms with Gasteiger partial charge in [0.1, 0.15) is 5.82 Å². The van der Waals surface area contributed by atoms with E-state index in [-0.39, 0.29) is 5.02 Å². The number of anilines is 1. The SMILES string of the molecule is Cc1cccc(-c2c(N)n[nH]c2-c2ccc(F)c(Cl)c2)c1. The number of nitrogens with two attached hydrogens (primary N) is 1. The van der Waals surface area contributed by atoms with Crippen LogP contribution in [-0.4, -0.2) is 10.2 Å². The minimum Gasteiger partial charge on any atom is -0.382 e. The number of rotatable bonds is 2. The number of nitrogens with zero attached hydrogens (tertiary/aromatic N) is 1. The zero-order chi connectivity index (χ0) is 15.0. The monoisotopic (exact) mass is 301 g/mol. The number of nitrogens with one attached hydrogen (secondary N) is 1. The Kier molecular flexibility index (Phi) is 3.39. The molecule has 0 atom stereocenters. The number of hydrogen-bond acceptors (Lipinski definition) is 2. The van der Waals surface area contributed by atoms with E-state index < -0.39 is 5.82 Å². The van der Waals surface area contributed by atoms with Crippen molar-refractivity contribution in [1.82, 2.24) is 10.2 Å². The van der Waals surface area contributed by atoms with E-state index in [2.05, 4.69) is 10.2 Å². The van der Waals surface area contributed by atoms with Crippen molar-refractivity contribution in [2.45, 2.75) is 6.92 Å². The van der Waals surface area contributed by atoms with Crippen LogP contribution in [-0.2, 0) is 0 Å². The summed E-state index contributed by atoms with van der Waals surface area (Å²) in [6.07, 6.45) is 0. The Morgan fingerprint density at radius 2 is 1.95 bits per heavy atom. The molecule has 2 aromatic carbocycles. The van der Waals surface area contributed by atoms with Gasteiger partial charge in [0.15, 0.2) is 5.82 Å². The Labute approximate surface area is 126 Å². The van der Waals surface area contributed by atoms with Crippen LogP contribution < -0.4 is 5.73 Å². The minimum atomic E-state index is -0.454. The van der Waals surface area contributed by atoms with Crippen LogP contribution in [0, 0.1) is 12.7 Å². The van der Waals surface area contributed by atoms with E-state index in [0.29, 0.717) is 5.82 Å². The molecule has 3 aromatic rings. The third-order valence-corrected chi connectivity index (χ3v) is 3.60. The summed E-state index contributed by atoms with van der Waals surface area (Å²) in [7, 11) is 0. The lowest BCUT2D eigenvalue weighted by molar-refractivity contribution is 0.628. The second kappa shape index (κ2) is 5.22. The molecule has 0 aliphatic carbocycles. The highest BCUT2D eigenvalue weighted by Crippen LogP contribution is 2.36. The van der Waals surface area contributed by atoms with Crippen LogP contribution >= 0.6 is 11.6 Å². The van der Waals surface area contributed by atoms with Crippen LogP contribution in [0.25, 0.3) is 22.4 Å². The predicted molar refractivity (Wildman–Crippen MR) is 83.6 cm³/mol. The maximum atomic E-state index is 13.3. The van der Waals surface area contributed by atoms with Gasteiger partial charge in [-0.2, -0.15) is 5.10 Å². The number of aryl methyl sites for hydroxylation is 1. The lowest BCUT2D eigenvalue weighted by Crippen LogP contribution is -1.89. The smallest absolute Gasteiger partial charge is 0.153 e.